The van der Waals surface area contributed by atoms with Crippen molar-refractivity contribution < 1.29 is 14.3 Å². The predicted molar refractivity (Wildman–Crippen MR) is 133 cm³/mol. The molecule has 0 bridgehead atoms. The number of hydrogen-bond donors (Lipinski definition) is 3. The molecule has 170 valence electrons. The number of H-pyrrole nitrogens is 1. The Morgan fingerprint density at radius 1 is 1.15 bits per heavy atom. The second-order valence-corrected chi connectivity index (χ2v) is 8.56. The zero-order chi connectivity index (χ0) is 24.0. The number of carbonyl (C=O) groups is 1. The fraction of sp³-hybridized carbons (Fsp3) is 0.115. The van der Waals surface area contributed by atoms with Crippen molar-refractivity contribution in [3.63, 3.8) is 0 Å². The van der Waals surface area contributed by atoms with Crippen LogP contribution in [0.5, 0.6) is 0 Å². The summed E-state index contributed by atoms with van der Waals surface area (Å²) < 4.78 is 6.28. The molecule has 8 heteroatoms. The van der Waals surface area contributed by atoms with E-state index in [0.29, 0.717) is 28.1 Å². The molecule has 0 aliphatic rings. The monoisotopic (exact) mass is 473 g/mol. The SMILES string of the molecule is Cc1cc(C(C)Nc2ccc(Cl)nc2C(=O)O)c2oc(-c3cc4ccccc4[nH]3)cc(=O)c2c1. The van der Waals surface area contributed by atoms with Crippen molar-refractivity contribution in [2.45, 2.75) is 19.9 Å². The minimum Gasteiger partial charge on any atom is -0.476 e. The average Bonchev–Trinajstić information content (AvgIpc) is 3.24. The summed E-state index contributed by atoms with van der Waals surface area (Å²) in [5.74, 6) is -0.774. The number of carboxylic acids is 1. The molecule has 0 spiro atoms. The normalized spacial score (nSPS) is 12.2. The number of aromatic nitrogens is 2. The third-order valence-electron chi connectivity index (χ3n) is 5.70. The Hall–Kier alpha value is -4.10. The lowest BCUT2D eigenvalue weighted by Gasteiger charge is -2.19. The van der Waals surface area contributed by atoms with Crippen LogP contribution in [-0.2, 0) is 0 Å². The summed E-state index contributed by atoms with van der Waals surface area (Å²) in [4.78, 5) is 31.9. The van der Waals surface area contributed by atoms with Crippen LogP contribution in [0.2, 0.25) is 5.15 Å². The predicted octanol–water partition coefficient (Wildman–Crippen LogP) is 6.17. The molecule has 0 saturated heterocycles. The van der Waals surface area contributed by atoms with Gasteiger partial charge in [0.25, 0.3) is 0 Å². The second-order valence-electron chi connectivity index (χ2n) is 8.18. The average molecular weight is 474 g/mol. The third-order valence-corrected chi connectivity index (χ3v) is 5.91. The van der Waals surface area contributed by atoms with Crippen LogP contribution >= 0.6 is 11.6 Å². The fourth-order valence-electron chi connectivity index (χ4n) is 4.12. The Bertz CT molecular complexity index is 1600. The number of pyridine rings is 1. The topological polar surface area (TPSA) is 108 Å². The molecule has 0 radical (unpaired) electrons. The van der Waals surface area contributed by atoms with Crippen LogP contribution in [0.25, 0.3) is 33.3 Å². The summed E-state index contributed by atoms with van der Waals surface area (Å²) in [6.07, 6.45) is 0. The Labute approximate surface area is 199 Å². The van der Waals surface area contributed by atoms with E-state index in [9.17, 15) is 14.7 Å². The number of aromatic amines is 1. The van der Waals surface area contributed by atoms with Gasteiger partial charge in [-0.05, 0) is 49.7 Å². The second kappa shape index (κ2) is 8.35. The molecule has 1 atom stereocenters. The first-order valence-corrected chi connectivity index (χ1v) is 11.0. The van der Waals surface area contributed by atoms with Gasteiger partial charge >= 0.3 is 5.97 Å². The van der Waals surface area contributed by atoms with Gasteiger partial charge < -0.3 is 19.8 Å². The summed E-state index contributed by atoms with van der Waals surface area (Å²) in [5, 5.41) is 14.3. The summed E-state index contributed by atoms with van der Waals surface area (Å²) in [5.41, 5.74) is 3.64. The summed E-state index contributed by atoms with van der Waals surface area (Å²) in [6, 6.07) is 17.6. The van der Waals surface area contributed by atoms with E-state index in [1.165, 1.54) is 12.1 Å². The Morgan fingerprint density at radius 2 is 1.94 bits per heavy atom. The molecule has 3 heterocycles. The molecule has 0 fully saturated rings. The van der Waals surface area contributed by atoms with Crippen LogP contribution in [0, 0.1) is 6.92 Å². The minimum atomic E-state index is -1.20. The molecule has 0 aliphatic carbocycles. The van der Waals surface area contributed by atoms with Gasteiger partial charge in [-0.2, -0.15) is 0 Å². The molecular weight excluding hydrogens is 454 g/mol. The molecule has 34 heavy (non-hydrogen) atoms. The van der Waals surface area contributed by atoms with E-state index in [1.807, 2.05) is 50.2 Å². The van der Waals surface area contributed by atoms with E-state index in [1.54, 1.807) is 12.1 Å². The Morgan fingerprint density at radius 3 is 2.71 bits per heavy atom. The van der Waals surface area contributed by atoms with Gasteiger partial charge in [0.05, 0.1) is 22.8 Å². The van der Waals surface area contributed by atoms with Crippen molar-refractivity contribution in [2.75, 3.05) is 5.32 Å². The molecule has 0 aliphatic heterocycles. The van der Waals surface area contributed by atoms with Crippen molar-refractivity contribution in [1.29, 1.82) is 0 Å². The van der Waals surface area contributed by atoms with E-state index in [-0.39, 0.29) is 16.3 Å². The summed E-state index contributed by atoms with van der Waals surface area (Å²) >= 11 is 5.88. The van der Waals surface area contributed by atoms with Crippen LogP contribution in [0.4, 0.5) is 5.69 Å². The molecule has 0 amide bonds. The molecular formula is C26H20ClN3O4. The molecule has 7 nitrogen and oxygen atoms in total. The van der Waals surface area contributed by atoms with E-state index in [2.05, 4.69) is 15.3 Å². The lowest BCUT2D eigenvalue weighted by Crippen LogP contribution is -2.13. The van der Waals surface area contributed by atoms with Crippen molar-refractivity contribution in [1.82, 2.24) is 9.97 Å². The molecule has 5 rings (SSSR count). The van der Waals surface area contributed by atoms with Crippen molar-refractivity contribution >= 4 is 45.1 Å². The summed E-state index contributed by atoms with van der Waals surface area (Å²) in [7, 11) is 0. The van der Waals surface area contributed by atoms with Gasteiger partial charge in [-0.1, -0.05) is 35.9 Å². The van der Waals surface area contributed by atoms with Gasteiger partial charge in [-0.3, -0.25) is 4.79 Å². The highest BCUT2D eigenvalue weighted by Gasteiger charge is 2.20. The van der Waals surface area contributed by atoms with Crippen LogP contribution in [0.15, 0.2) is 69.9 Å². The van der Waals surface area contributed by atoms with Crippen molar-refractivity contribution in [2.24, 2.45) is 0 Å². The van der Waals surface area contributed by atoms with Crippen LogP contribution in [-0.4, -0.2) is 21.0 Å². The largest absolute Gasteiger partial charge is 0.476 e. The number of benzene rings is 2. The van der Waals surface area contributed by atoms with Crippen LogP contribution < -0.4 is 10.7 Å². The fourth-order valence-corrected chi connectivity index (χ4v) is 4.27. The Balaban J connectivity index is 1.63. The highest BCUT2D eigenvalue weighted by molar-refractivity contribution is 6.29. The van der Waals surface area contributed by atoms with E-state index >= 15 is 0 Å². The molecule has 3 N–H and O–H groups in total. The maximum Gasteiger partial charge on any atom is 0.356 e. The molecule has 1 unspecified atom stereocenters. The number of halogens is 1. The minimum absolute atomic E-state index is 0.0885. The highest BCUT2D eigenvalue weighted by atomic mass is 35.5. The Kier molecular flexibility index (Phi) is 5.34. The molecule has 5 aromatic rings. The number of aryl methyl sites for hydroxylation is 1. The zero-order valence-corrected chi connectivity index (χ0v) is 19.1. The number of hydrogen-bond acceptors (Lipinski definition) is 5. The maximum absolute atomic E-state index is 13.1. The molecule has 0 saturated carbocycles. The van der Waals surface area contributed by atoms with Gasteiger partial charge in [0.2, 0.25) is 0 Å². The number of rotatable bonds is 5. The first kappa shape index (κ1) is 21.7. The lowest BCUT2D eigenvalue weighted by molar-refractivity contribution is 0.0691. The number of nitrogens with zero attached hydrogens (tertiary/aromatic N) is 1. The molecule has 2 aromatic carbocycles. The van der Waals surface area contributed by atoms with Crippen molar-refractivity contribution in [3.8, 4) is 11.5 Å². The zero-order valence-electron chi connectivity index (χ0n) is 18.3. The number of carboxylic acid groups (broad SMARTS) is 1. The van der Waals surface area contributed by atoms with Gasteiger partial charge in [-0.25, -0.2) is 9.78 Å². The van der Waals surface area contributed by atoms with Gasteiger partial charge in [-0.15, -0.1) is 0 Å². The summed E-state index contributed by atoms with van der Waals surface area (Å²) in [6.45, 7) is 3.76. The highest BCUT2D eigenvalue weighted by Crippen LogP contribution is 2.32. The number of fused-ring (bicyclic) bond motifs is 2. The lowest BCUT2D eigenvalue weighted by atomic mass is 10.0. The van der Waals surface area contributed by atoms with Crippen LogP contribution in [0.3, 0.4) is 0 Å². The van der Waals surface area contributed by atoms with Gasteiger partial charge in [0.1, 0.15) is 10.7 Å². The molecule has 3 aromatic heterocycles. The number of nitrogens with one attached hydrogen (secondary N) is 2. The van der Waals surface area contributed by atoms with Crippen molar-refractivity contribution in [3.05, 3.63) is 92.9 Å². The van der Waals surface area contributed by atoms with E-state index < -0.39 is 12.0 Å². The number of para-hydroxylation sites is 1. The quantitative estimate of drug-likeness (QED) is 0.263. The van der Waals surface area contributed by atoms with Gasteiger partial charge in [0, 0.05) is 22.5 Å². The standard InChI is InChI=1S/C26H20ClN3O4/c1-13-9-16(14(2)28-19-7-8-23(27)30-24(19)26(32)33)25-17(10-13)21(31)12-22(34-25)20-11-15-5-3-4-6-18(15)29-20/h3-12,14,28-29H,1-2H3,(H,32,33). The number of aromatic carboxylic acids is 1. The first-order chi connectivity index (χ1) is 16.3. The van der Waals surface area contributed by atoms with E-state index in [4.69, 9.17) is 16.0 Å². The smallest absolute Gasteiger partial charge is 0.356 e. The maximum atomic E-state index is 13.1. The number of anilines is 1. The van der Waals surface area contributed by atoms with Gasteiger partial charge in [0.15, 0.2) is 16.9 Å². The first-order valence-electron chi connectivity index (χ1n) is 10.6. The third kappa shape index (κ3) is 3.91. The van der Waals surface area contributed by atoms with Crippen LogP contribution in [0.1, 0.15) is 34.6 Å². The van der Waals surface area contributed by atoms with E-state index in [0.717, 1.165) is 22.0 Å².